The lowest BCUT2D eigenvalue weighted by molar-refractivity contribution is 0.523. The van der Waals surface area contributed by atoms with Gasteiger partial charge in [0.15, 0.2) is 0 Å². The Balaban J connectivity index is 2.52. The lowest BCUT2D eigenvalue weighted by atomic mass is 10.2. The highest BCUT2D eigenvalue weighted by atomic mass is 32.2. The fourth-order valence-corrected chi connectivity index (χ4v) is 2.64. The summed E-state index contributed by atoms with van der Waals surface area (Å²) >= 11 is 1.81. The Morgan fingerprint density at radius 2 is 2.17 bits per heavy atom. The minimum Gasteiger partial charge on any atom is -0.327 e. The molecule has 0 aliphatic rings. The number of nitrogens with two attached hydrogens (primary N) is 1. The average molecular weight is 263 g/mol. The zero-order valence-electron chi connectivity index (χ0n) is 11.3. The van der Waals surface area contributed by atoms with Crippen molar-refractivity contribution in [3.05, 3.63) is 29.6 Å². The topological polar surface area (TPSA) is 43.8 Å². The fraction of sp³-hybridized carbons (Fsp3) is 0.500. The number of nitrogens with zero attached hydrogens (tertiary/aromatic N) is 2. The SMILES string of the molecule is CSCc1nc2cc(CN)ccc2n1CC(C)C. The minimum atomic E-state index is 0.574. The van der Waals surface area contributed by atoms with Crippen LogP contribution in [0, 0.1) is 5.92 Å². The molecular formula is C14H21N3S. The molecule has 0 amide bonds. The van der Waals surface area contributed by atoms with Crippen LogP contribution in [0.4, 0.5) is 0 Å². The first-order valence-electron chi connectivity index (χ1n) is 6.32. The molecule has 0 atom stereocenters. The van der Waals surface area contributed by atoms with Gasteiger partial charge in [-0.25, -0.2) is 4.98 Å². The van der Waals surface area contributed by atoms with E-state index in [-0.39, 0.29) is 0 Å². The highest BCUT2D eigenvalue weighted by Crippen LogP contribution is 2.21. The van der Waals surface area contributed by atoms with Gasteiger partial charge in [0, 0.05) is 13.1 Å². The molecule has 0 unspecified atom stereocenters. The quantitative estimate of drug-likeness (QED) is 0.902. The molecule has 1 heterocycles. The van der Waals surface area contributed by atoms with Gasteiger partial charge in [0.2, 0.25) is 0 Å². The van der Waals surface area contributed by atoms with Crippen LogP contribution in [0.5, 0.6) is 0 Å². The van der Waals surface area contributed by atoms with Crippen LogP contribution >= 0.6 is 11.8 Å². The van der Waals surface area contributed by atoms with Crippen molar-refractivity contribution < 1.29 is 0 Å². The summed E-state index contributed by atoms with van der Waals surface area (Å²) in [4.78, 5) is 4.75. The first-order chi connectivity index (χ1) is 8.65. The maximum absolute atomic E-state index is 5.69. The molecule has 1 aromatic heterocycles. The summed E-state index contributed by atoms with van der Waals surface area (Å²) in [6.45, 7) is 6.07. The number of fused-ring (bicyclic) bond motifs is 1. The molecule has 4 heteroatoms. The molecule has 3 nitrogen and oxygen atoms in total. The smallest absolute Gasteiger partial charge is 0.119 e. The van der Waals surface area contributed by atoms with Crippen LogP contribution in [-0.2, 0) is 18.8 Å². The minimum absolute atomic E-state index is 0.574. The molecule has 0 radical (unpaired) electrons. The second-order valence-electron chi connectivity index (χ2n) is 4.99. The van der Waals surface area contributed by atoms with Crippen molar-refractivity contribution in [1.82, 2.24) is 9.55 Å². The predicted molar refractivity (Wildman–Crippen MR) is 79.7 cm³/mol. The summed E-state index contributed by atoms with van der Waals surface area (Å²) in [5.41, 5.74) is 9.13. The monoisotopic (exact) mass is 263 g/mol. The van der Waals surface area contributed by atoms with E-state index in [0.717, 1.165) is 23.4 Å². The Morgan fingerprint density at radius 3 is 2.78 bits per heavy atom. The molecule has 2 N–H and O–H groups in total. The summed E-state index contributed by atoms with van der Waals surface area (Å²) < 4.78 is 2.34. The Labute approximate surface area is 113 Å². The van der Waals surface area contributed by atoms with E-state index in [9.17, 15) is 0 Å². The van der Waals surface area contributed by atoms with Gasteiger partial charge in [-0.3, -0.25) is 0 Å². The Kier molecular flexibility index (Phi) is 4.30. The van der Waals surface area contributed by atoms with Gasteiger partial charge < -0.3 is 10.3 Å². The first kappa shape index (κ1) is 13.4. The van der Waals surface area contributed by atoms with Gasteiger partial charge in [0.25, 0.3) is 0 Å². The van der Waals surface area contributed by atoms with E-state index in [2.05, 4.69) is 42.9 Å². The average Bonchev–Trinajstić information content (AvgIpc) is 2.66. The molecule has 2 rings (SSSR count). The normalized spacial score (nSPS) is 11.6. The van der Waals surface area contributed by atoms with Gasteiger partial charge in [-0.05, 0) is 29.9 Å². The van der Waals surface area contributed by atoms with Crippen LogP contribution in [0.3, 0.4) is 0 Å². The number of hydrogen-bond donors (Lipinski definition) is 1. The van der Waals surface area contributed by atoms with E-state index in [1.165, 1.54) is 11.3 Å². The summed E-state index contributed by atoms with van der Waals surface area (Å²) in [5.74, 6) is 2.75. The molecule has 0 aliphatic carbocycles. The number of imidazole rings is 1. The molecular weight excluding hydrogens is 242 g/mol. The number of rotatable bonds is 5. The highest BCUT2D eigenvalue weighted by Gasteiger charge is 2.11. The number of benzene rings is 1. The van der Waals surface area contributed by atoms with Gasteiger partial charge in [0.1, 0.15) is 5.82 Å². The summed E-state index contributed by atoms with van der Waals surface area (Å²) in [6, 6.07) is 6.36. The Hall–Kier alpha value is -1.00. The second kappa shape index (κ2) is 5.76. The van der Waals surface area contributed by atoms with Gasteiger partial charge in [-0.2, -0.15) is 11.8 Å². The van der Waals surface area contributed by atoms with Crippen molar-refractivity contribution in [2.75, 3.05) is 6.26 Å². The first-order valence-corrected chi connectivity index (χ1v) is 7.72. The maximum Gasteiger partial charge on any atom is 0.119 e. The third-order valence-electron chi connectivity index (χ3n) is 2.95. The lowest BCUT2D eigenvalue weighted by Crippen LogP contribution is -2.07. The zero-order chi connectivity index (χ0) is 13.1. The highest BCUT2D eigenvalue weighted by molar-refractivity contribution is 7.97. The fourth-order valence-electron chi connectivity index (χ4n) is 2.16. The molecule has 0 spiro atoms. The standard InChI is InChI=1S/C14H21N3S/c1-10(2)8-17-13-5-4-11(7-15)6-12(13)16-14(17)9-18-3/h4-6,10H,7-9,15H2,1-3H3. The summed E-state index contributed by atoms with van der Waals surface area (Å²) in [5, 5.41) is 0. The van der Waals surface area contributed by atoms with Gasteiger partial charge in [0.05, 0.1) is 16.8 Å². The van der Waals surface area contributed by atoms with Crippen molar-refractivity contribution in [3.63, 3.8) is 0 Å². The van der Waals surface area contributed by atoms with Crippen LogP contribution in [0.1, 0.15) is 25.2 Å². The van der Waals surface area contributed by atoms with Gasteiger partial charge in [-0.15, -0.1) is 0 Å². The van der Waals surface area contributed by atoms with Crippen molar-refractivity contribution >= 4 is 22.8 Å². The van der Waals surface area contributed by atoms with E-state index in [1.54, 1.807) is 0 Å². The molecule has 0 fully saturated rings. The van der Waals surface area contributed by atoms with Gasteiger partial charge in [-0.1, -0.05) is 19.9 Å². The summed E-state index contributed by atoms with van der Waals surface area (Å²) in [7, 11) is 0. The van der Waals surface area contributed by atoms with Crippen LogP contribution < -0.4 is 5.73 Å². The number of aromatic nitrogens is 2. The van der Waals surface area contributed by atoms with Crippen molar-refractivity contribution in [1.29, 1.82) is 0 Å². The van der Waals surface area contributed by atoms with Crippen LogP contribution in [0.2, 0.25) is 0 Å². The van der Waals surface area contributed by atoms with Gasteiger partial charge >= 0.3 is 0 Å². The summed E-state index contributed by atoms with van der Waals surface area (Å²) in [6.07, 6.45) is 2.12. The molecule has 98 valence electrons. The van der Waals surface area contributed by atoms with E-state index < -0.39 is 0 Å². The van der Waals surface area contributed by atoms with Crippen molar-refractivity contribution in [2.24, 2.45) is 11.7 Å². The Bertz CT molecular complexity index is 531. The molecule has 0 saturated heterocycles. The van der Waals surface area contributed by atoms with Crippen LogP contribution in [0.25, 0.3) is 11.0 Å². The van der Waals surface area contributed by atoms with E-state index in [1.807, 2.05) is 11.8 Å². The van der Waals surface area contributed by atoms with E-state index in [0.29, 0.717) is 12.5 Å². The molecule has 2 aromatic rings. The van der Waals surface area contributed by atoms with Crippen molar-refractivity contribution in [3.8, 4) is 0 Å². The van der Waals surface area contributed by atoms with Crippen LogP contribution in [0.15, 0.2) is 18.2 Å². The maximum atomic E-state index is 5.69. The van der Waals surface area contributed by atoms with E-state index in [4.69, 9.17) is 10.7 Å². The number of thioether (sulfide) groups is 1. The van der Waals surface area contributed by atoms with Crippen molar-refractivity contribution in [2.45, 2.75) is 32.7 Å². The predicted octanol–water partition coefficient (Wildman–Crippen LogP) is 3.01. The second-order valence-corrected chi connectivity index (χ2v) is 5.86. The third-order valence-corrected chi connectivity index (χ3v) is 3.50. The third kappa shape index (κ3) is 2.70. The molecule has 0 saturated carbocycles. The van der Waals surface area contributed by atoms with E-state index >= 15 is 0 Å². The number of hydrogen-bond acceptors (Lipinski definition) is 3. The van der Waals surface area contributed by atoms with Crippen LogP contribution in [-0.4, -0.2) is 15.8 Å². The molecule has 0 aliphatic heterocycles. The largest absolute Gasteiger partial charge is 0.327 e. The Morgan fingerprint density at radius 1 is 1.39 bits per heavy atom. The lowest BCUT2D eigenvalue weighted by Gasteiger charge is -2.11. The molecule has 1 aromatic carbocycles. The molecule has 0 bridgehead atoms. The molecule has 18 heavy (non-hydrogen) atoms. The zero-order valence-corrected chi connectivity index (χ0v) is 12.1.